The number of nitrogens with zero attached hydrogens (tertiary/aromatic N) is 3. The molecule has 0 N–H and O–H groups in total. The van der Waals surface area contributed by atoms with E-state index in [4.69, 9.17) is 0 Å². The van der Waals surface area contributed by atoms with E-state index in [1.807, 2.05) is 60.0 Å². The molecular weight excluding hydrogens is 362 g/mol. The van der Waals surface area contributed by atoms with E-state index in [0.717, 1.165) is 12.1 Å². The lowest BCUT2D eigenvalue weighted by atomic mass is 9.84. The summed E-state index contributed by atoms with van der Waals surface area (Å²) in [5, 5.41) is 0. The van der Waals surface area contributed by atoms with Gasteiger partial charge in [-0.15, -0.1) is 0 Å². The summed E-state index contributed by atoms with van der Waals surface area (Å²) in [6.07, 6.45) is 0.368. The fraction of sp³-hybridized carbons (Fsp3) is 0.417. The van der Waals surface area contributed by atoms with Gasteiger partial charge in [-0.2, -0.15) is 0 Å². The molecule has 0 spiro atoms. The molecule has 0 unspecified atom stereocenters. The van der Waals surface area contributed by atoms with Crippen LogP contribution in [0.3, 0.4) is 0 Å². The number of benzene rings is 2. The van der Waals surface area contributed by atoms with Crippen LogP contribution in [0.2, 0.25) is 0 Å². The first-order valence-corrected chi connectivity index (χ1v) is 10.4. The van der Waals surface area contributed by atoms with Crippen LogP contribution in [-0.2, 0) is 4.79 Å². The largest absolute Gasteiger partial charge is 0.374 e. The first kappa shape index (κ1) is 19.5. The van der Waals surface area contributed by atoms with Gasteiger partial charge in [0.1, 0.15) is 0 Å². The second kappa shape index (κ2) is 7.90. The van der Waals surface area contributed by atoms with Gasteiger partial charge in [0.15, 0.2) is 0 Å². The van der Waals surface area contributed by atoms with E-state index in [2.05, 4.69) is 24.1 Å². The third kappa shape index (κ3) is 3.61. The molecule has 1 saturated heterocycles. The summed E-state index contributed by atoms with van der Waals surface area (Å²) in [5.74, 6) is 0.319. The predicted octanol–water partition coefficient (Wildman–Crippen LogP) is 3.50. The van der Waals surface area contributed by atoms with E-state index in [1.165, 1.54) is 11.3 Å². The minimum Gasteiger partial charge on any atom is -0.374 e. The fourth-order valence-corrected chi connectivity index (χ4v) is 4.76. The van der Waals surface area contributed by atoms with Gasteiger partial charge in [-0.1, -0.05) is 35.9 Å². The molecule has 2 atom stereocenters. The number of fused-ring (bicyclic) bond motifs is 3. The molecule has 0 saturated carbocycles. The summed E-state index contributed by atoms with van der Waals surface area (Å²) in [7, 11) is 2.10. The minimum absolute atomic E-state index is 0.0112. The molecule has 5 heteroatoms. The van der Waals surface area contributed by atoms with Crippen LogP contribution in [-0.4, -0.2) is 54.8 Å². The fourth-order valence-electron chi connectivity index (χ4n) is 4.76. The number of amides is 2. The van der Waals surface area contributed by atoms with Crippen molar-refractivity contribution >= 4 is 17.5 Å². The van der Waals surface area contributed by atoms with E-state index >= 15 is 0 Å². The number of aryl methyl sites for hydroxylation is 1. The Morgan fingerprint density at radius 3 is 2.52 bits per heavy atom. The van der Waals surface area contributed by atoms with Crippen molar-refractivity contribution in [3.05, 3.63) is 65.2 Å². The number of carbonyl (C=O) groups is 2. The zero-order valence-corrected chi connectivity index (χ0v) is 17.5. The van der Waals surface area contributed by atoms with Crippen molar-refractivity contribution in [2.24, 2.45) is 5.92 Å². The Kier molecular flexibility index (Phi) is 5.31. The summed E-state index contributed by atoms with van der Waals surface area (Å²) in [4.78, 5) is 32.4. The number of hydrogen-bond donors (Lipinski definition) is 0. The van der Waals surface area contributed by atoms with Gasteiger partial charge in [0.25, 0.3) is 5.91 Å². The third-order valence-electron chi connectivity index (χ3n) is 6.27. The lowest BCUT2D eigenvalue weighted by molar-refractivity contribution is -0.133. The zero-order chi connectivity index (χ0) is 20.5. The zero-order valence-electron chi connectivity index (χ0n) is 17.5. The van der Waals surface area contributed by atoms with Gasteiger partial charge in [0.2, 0.25) is 5.91 Å². The number of para-hydroxylation sites is 1. The molecule has 2 aliphatic rings. The Morgan fingerprint density at radius 1 is 1.07 bits per heavy atom. The molecule has 1 fully saturated rings. The molecule has 5 nitrogen and oxygen atoms in total. The molecule has 0 radical (unpaired) electrons. The van der Waals surface area contributed by atoms with Crippen LogP contribution in [0.15, 0.2) is 48.5 Å². The molecule has 2 amide bonds. The second-order valence-corrected chi connectivity index (χ2v) is 8.19. The second-order valence-electron chi connectivity index (χ2n) is 8.19. The van der Waals surface area contributed by atoms with Crippen molar-refractivity contribution in [2.45, 2.75) is 26.3 Å². The highest BCUT2D eigenvalue weighted by Crippen LogP contribution is 2.42. The highest BCUT2D eigenvalue weighted by molar-refractivity contribution is 5.95. The van der Waals surface area contributed by atoms with E-state index in [0.29, 0.717) is 31.6 Å². The Morgan fingerprint density at radius 2 is 1.79 bits per heavy atom. The lowest BCUT2D eigenvalue weighted by Gasteiger charge is -2.47. The molecule has 2 heterocycles. The molecule has 29 heavy (non-hydrogen) atoms. The molecule has 0 bridgehead atoms. The number of hydrogen-bond acceptors (Lipinski definition) is 3. The smallest absolute Gasteiger partial charge is 0.254 e. The van der Waals surface area contributed by atoms with Gasteiger partial charge in [-0.05, 0) is 37.6 Å². The Bertz CT molecular complexity index is 909. The van der Waals surface area contributed by atoms with Gasteiger partial charge >= 0.3 is 0 Å². The number of rotatable bonds is 2. The maximum absolute atomic E-state index is 13.6. The molecule has 4 rings (SSSR count). The molecule has 152 valence electrons. The third-order valence-corrected chi connectivity index (χ3v) is 6.27. The number of anilines is 1. The van der Waals surface area contributed by atoms with Crippen molar-refractivity contribution in [3.63, 3.8) is 0 Å². The van der Waals surface area contributed by atoms with Gasteiger partial charge in [-0.25, -0.2) is 0 Å². The normalized spacial score (nSPS) is 21.9. The minimum atomic E-state index is -0.0293. The molecule has 0 aromatic heterocycles. The standard InChI is InChI=1S/C24H29N3O2/c1-4-26-16-19-15-25(3)21-8-6-5-7-20(21)23(19)27(14-13-22(26)28)24(29)18-11-9-17(2)10-12-18/h5-12,19,23H,4,13-16H2,1-3H3/t19-,23-/m1/s1. The molecule has 2 aromatic carbocycles. The van der Waals surface area contributed by atoms with Gasteiger partial charge in [0, 0.05) is 56.8 Å². The Labute approximate surface area is 172 Å². The maximum Gasteiger partial charge on any atom is 0.254 e. The van der Waals surface area contributed by atoms with E-state index in [-0.39, 0.29) is 23.8 Å². The average molecular weight is 392 g/mol. The molecular formula is C24H29N3O2. The van der Waals surface area contributed by atoms with Crippen molar-refractivity contribution < 1.29 is 9.59 Å². The van der Waals surface area contributed by atoms with Crippen LogP contribution in [0.5, 0.6) is 0 Å². The molecule has 2 aliphatic heterocycles. The summed E-state index contributed by atoms with van der Waals surface area (Å²) >= 11 is 0. The van der Waals surface area contributed by atoms with Crippen molar-refractivity contribution in [1.82, 2.24) is 9.80 Å². The van der Waals surface area contributed by atoms with Gasteiger partial charge in [0.05, 0.1) is 6.04 Å². The van der Waals surface area contributed by atoms with E-state index in [9.17, 15) is 9.59 Å². The van der Waals surface area contributed by atoms with Crippen LogP contribution in [0.1, 0.15) is 40.9 Å². The quantitative estimate of drug-likeness (QED) is 0.787. The lowest BCUT2D eigenvalue weighted by Crippen LogP contribution is -2.53. The molecule has 0 aliphatic carbocycles. The summed E-state index contributed by atoms with van der Waals surface area (Å²) < 4.78 is 0. The highest BCUT2D eigenvalue weighted by atomic mass is 16.2. The van der Waals surface area contributed by atoms with E-state index in [1.54, 1.807) is 0 Å². The summed E-state index contributed by atoms with van der Waals surface area (Å²) in [5.41, 5.74) is 4.17. The number of carbonyl (C=O) groups excluding carboxylic acids is 2. The molecule has 2 aromatic rings. The van der Waals surface area contributed by atoms with E-state index < -0.39 is 0 Å². The maximum atomic E-state index is 13.6. The summed E-state index contributed by atoms with van der Waals surface area (Å²) in [6, 6.07) is 16.1. The monoisotopic (exact) mass is 391 g/mol. The van der Waals surface area contributed by atoms with Crippen molar-refractivity contribution in [2.75, 3.05) is 38.1 Å². The first-order chi connectivity index (χ1) is 14.0. The Balaban J connectivity index is 1.78. The van der Waals surface area contributed by atoms with Crippen LogP contribution in [0, 0.1) is 12.8 Å². The predicted molar refractivity (Wildman–Crippen MR) is 115 cm³/mol. The SMILES string of the molecule is CCN1C[C@H]2CN(C)c3ccccc3[C@@H]2N(C(=O)c2ccc(C)cc2)CCC1=O. The van der Waals surface area contributed by atoms with Crippen molar-refractivity contribution in [1.29, 1.82) is 0 Å². The van der Waals surface area contributed by atoms with Crippen molar-refractivity contribution in [3.8, 4) is 0 Å². The Hall–Kier alpha value is -2.82. The topological polar surface area (TPSA) is 43.9 Å². The van der Waals surface area contributed by atoms with Crippen LogP contribution in [0.25, 0.3) is 0 Å². The summed E-state index contributed by atoms with van der Waals surface area (Å²) in [6.45, 7) is 6.70. The van der Waals surface area contributed by atoms with Crippen LogP contribution in [0.4, 0.5) is 5.69 Å². The highest BCUT2D eigenvalue weighted by Gasteiger charge is 2.41. The first-order valence-electron chi connectivity index (χ1n) is 10.4. The van der Waals surface area contributed by atoms with Crippen LogP contribution < -0.4 is 4.90 Å². The van der Waals surface area contributed by atoms with Gasteiger partial charge < -0.3 is 14.7 Å². The average Bonchev–Trinajstić information content (AvgIpc) is 2.72. The van der Waals surface area contributed by atoms with Gasteiger partial charge in [-0.3, -0.25) is 9.59 Å². The van der Waals surface area contributed by atoms with Crippen LogP contribution >= 0.6 is 0 Å².